The molecule has 4 aliphatic carbocycles. The van der Waals surface area contributed by atoms with Crippen LogP contribution in [-0.2, 0) is 14.9 Å². The van der Waals surface area contributed by atoms with Crippen LogP contribution in [0.4, 0.5) is 0 Å². The van der Waals surface area contributed by atoms with Crippen molar-refractivity contribution >= 4 is 16.4 Å². The lowest BCUT2D eigenvalue weighted by Gasteiger charge is -2.63. The molecular formula is C26H45NO6S. The van der Waals surface area contributed by atoms with Gasteiger partial charge >= 0.3 is 0 Å². The van der Waals surface area contributed by atoms with E-state index in [0.717, 1.165) is 51.2 Å². The quantitative estimate of drug-likeness (QED) is 0.229. The van der Waals surface area contributed by atoms with Gasteiger partial charge in [0.1, 0.15) is 12.0 Å². The summed E-state index contributed by atoms with van der Waals surface area (Å²) in [5.41, 5.74) is -1.13. The maximum Gasteiger partial charge on any atom is 0.266 e. The van der Waals surface area contributed by atoms with Crippen LogP contribution in [0.3, 0.4) is 0 Å². The lowest BCUT2D eigenvalue weighted by molar-refractivity contribution is -0.189. The molecule has 0 aromatic rings. The Labute approximate surface area is 205 Å². The van der Waals surface area contributed by atoms with Gasteiger partial charge in [0, 0.05) is 13.0 Å². The van der Waals surface area contributed by atoms with Crippen LogP contribution in [0, 0.1) is 46.3 Å². The highest BCUT2D eigenvalue weighted by atomic mass is 32.2. The predicted molar refractivity (Wildman–Crippen MR) is 130 cm³/mol. The minimum atomic E-state index is -4.06. The van der Waals surface area contributed by atoms with Crippen LogP contribution < -0.4 is 5.32 Å². The molecule has 0 heterocycles. The molecule has 34 heavy (non-hydrogen) atoms. The second-order valence-corrected chi connectivity index (χ2v) is 14.2. The number of hydrogen-bond donors (Lipinski definition) is 4. The SMILES string of the molecule is C[C@H](CCC=O)[C@H]1CCC2C3CC[C@@H]4C[C@@](O)(NCCS(=O)(=O)O)CC[C@]4(C)C3C[C@H](O)[C@@]21C. The van der Waals surface area contributed by atoms with Gasteiger partial charge in [-0.15, -0.1) is 0 Å². The van der Waals surface area contributed by atoms with Crippen molar-refractivity contribution in [2.24, 2.45) is 46.3 Å². The van der Waals surface area contributed by atoms with E-state index in [-0.39, 0.29) is 23.5 Å². The maximum atomic E-state index is 11.6. The van der Waals surface area contributed by atoms with Crippen LogP contribution in [0.2, 0.25) is 0 Å². The van der Waals surface area contributed by atoms with Gasteiger partial charge in [-0.3, -0.25) is 9.87 Å². The highest BCUT2D eigenvalue weighted by Crippen LogP contribution is 2.68. The summed E-state index contributed by atoms with van der Waals surface area (Å²) in [7, 11) is -4.06. The normalized spacial score (nSPS) is 47.4. The van der Waals surface area contributed by atoms with E-state index in [1.165, 1.54) is 0 Å². The molecule has 0 aliphatic heterocycles. The minimum Gasteiger partial charge on any atom is -0.393 e. The molecule has 0 spiro atoms. The van der Waals surface area contributed by atoms with Gasteiger partial charge in [0.25, 0.3) is 10.1 Å². The smallest absolute Gasteiger partial charge is 0.266 e. The Morgan fingerprint density at radius 2 is 1.85 bits per heavy atom. The molecule has 0 amide bonds. The number of carbonyl (C=O) groups excluding carboxylic acids is 1. The zero-order chi connectivity index (χ0) is 24.9. The van der Waals surface area contributed by atoms with Crippen molar-refractivity contribution in [1.82, 2.24) is 5.32 Å². The summed E-state index contributed by atoms with van der Waals surface area (Å²) in [6, 6.07) is 0. The van der Waals surface area contributed by atoms with E-state index in [4.69, 9.17) is 4.55 Å². The van der Waals surface area contributed by atoms with Crippen LogP contribution in [-0.4, -0.2) is 53.6 Å². The van der Waals surface area contributed by atoms with Crippen molar-refractivity contribution in [3.05, 3.63) is 0 Å². The van der Waals surface area contributed by atoms with Crippen molar-refractivity contribution in [1.29, 1.82) is 0 Å². The largest absolute Gasteiger partial charge is 0.393 e. The van der Waals surface area contributed by atoms with Crippen LogP contribution >= 0.6 is 0 Å². The molecule has 196 valence electrons. The molecule has 0 bridgehead atoms. The molecule has 4 aliphatic rings. The fourth-order valence-corrected chi connectivity index (χ4v) is 9.64. The zero-order valence-electron chi connectivity index (χ0n) is 21.1. The first kappa shape index (κ1) is 26.5. The number of aliphatic hydroxyl groups is 2. The Bertz CT molecular complexity index is 865. The fraction of sp³-hybridized carbons (Fsp3) is 0.962. The average molecular weight is 500 g/mol. The molecule has 0 aromatic heterocycles. The first-order valence-corrected chi connectivity index (χ1v) is 15.0. The Balaban J connectivity index is 1.48. The van der Waals surface area contributed by atoms with E-state index in [9.17, 15) is 23.4 Å². The van der Waals surface area contributed by atoms with Gasteiger partial charge in [0.05, 0.1) is 11.9 Å². The summed E-state index contributed by atoms with van der Waals surface area (Å²) < 4.78 is 31.2. The van der Waals surface area contributed by atoms with E-state index in [0.29, 0.717) is 54.8 Å². The number of carbonyl (C=O) groups is 1. The Hall–Kier alpha value is -0.540. The van der Waals surface area contributed by atoms with Gasteiger partial charge in [-0.2, -0.15) is 8.42 Å². The molecule has 0 radical (unpaired) electrons. The Morgan fingerprint density at radius 3 is 2.53 bits per heavy atom. The molecule has 4 fully saturated rings. The number of rotatable bonds is 8. The number of nitrogens with one attached hydrogen (secondary N) is 1. The van der Waals surface area contributed by atoms with Gasteiger partial charge in [0.2, 0.25) is 0 Å². The van der Waals surface area contributed by atoms with Gasteiger partial charge in [0.15, 0.2) is 0 Å². The van der Waals surface area contributed by atoms with Gasteiger partial charge in [-0.1, -0.05) is 20.8 Å². The van der Waals surface area contributed by atoms with Gasteiger partial charge in [-0.05, 0) is 104 Å². The monoisotopic (exact) mass is 499 g/mol. The summed E-state index contributed by atoms with van der Waals surface area (Å²) in [5, 5.41) is 25.8. The summed E-state index contributed by atoms with van der Waals surface area (Å²) in [4.78, 5) is 10.9. The molecule has 8 heteroatoms. The van der Waals surface area contributed by atoms with E-state index in [2.05, 4.69) is 26.1 Å². The molecule has 3 unspecified atom stereocenters. The zero-order valence-corrected chi connectivity index (χ0v) is 21.9. The summed E-state index contributed by atoms with van der Waals surface area (Å²) in [6.07, 6.45) is 9.45. The van der Waals surface area contributed by atoms with E-state index in [1.54, 1.807) is 0 Å². The predicted octanol–water partition coefficient (Wildman–Crippen LogP) is 3.40. The number of aliphatic hydroxyl groups excluding tert-OH is 1. The lowest BCUT2D eigenvalue weighted by Crippen LogP contribution is -2.61. The summed E-state index contributed by atoms with van der Waals surface area (Å²) in [5.74, 6) is 2.37. The first-order chi connectivity index (χ1) is 15.8. The van der Waals surface area contributed by atoms with Crippen LogP contribution in [0.5, 0.6) is 0 Å². The second kappa shape index (κ2) is 9.40. The van der Waals surface area contributed by atoms with Crippen molar-refractivity contribution in [2.45, 2.75) is 96.8 Å². The third-order valence-electron chi connectivity index (χ3n) is 11.1. The third-order valence-corrected chi connectivity index (χ3v) is 11.9. The van der Waals surface area contributed by atoms with Crippen LogP contribution in [0.25, 0.3) is 0 Å². The van der Waals surface area contributed by atoms with Gasteiger partial charge < -0.3 is 15.0 Å². The molecule has 10 atom stereocenters. The number of fused-ring (bicyclic) bond motifs is 5. The lowest BCUT2D eigenvalue weighted by atomic mass is 9.43. The molecule has 0 aromatic carbocycles. The Kier molecular flexibility index (Phi) is 7.33. The molecule has 4 rings (SSSR count). The summed E-state index contributed by atoms with van der Waals surface area (Å²) in [6.45, 7) is 6.98. The molecule has 7 nitrogen and oxygen atoms in total. The van der Waals surface area contributed by atoms with E-state index in [1.807, 2.05) is 0 Å². The van der Waals surface area contributed by atoms with E-state index >= 15 is 0 Å². The number of hydrogen-bond acceptors (Lipinski definition) is 6. The van der Waals surface area contributed by atoms with Crippen LogP contribution in [0.1, 0.15) is 85.0 Å². The number of aldehydes is 1. The standard InChI is InChI=1S/C26H45NO6S/c1-17(5-4-13-28)20-8-9-21-19-7-6-18-16-26(30,27-12-14-34(31,32)33)11-10-24(18,2)22(19)15-23(29)25(20,21)3/h13,17-23,27,29-30H,4-12,14-16H2,1-3H3,(H,31,32,33)/t17-,18-,19?,20-,21?,22?,23+,24+,25-,26-/m1/s1. The third kappa shape index (κ3) is 4.62. The molecule has 4 N–H and O–H groups in total. The first-order valence-electron chi connectivity index (χ1n) is 13.4. The van der Waals surface area contributed by atoms with Crippen molar-refractivity contribution in [3.63, 3.8) is 0 Å². The second-order valence-electron chi connectivity index (χ2n) is 12.6. The molecule has 0 saturated heterocycles. The van der Waals surface area contributed by atoms with Crippen LogP contribution in [0.15, 0.2) is 0 Å². The minimum absolute atomic E-state index is 0.0354. The van der Waals surface area contributed by atoms with Crippen molar-refractivity contribution < 1.29 is 28.0 Å². The highest BCUT2D eigenvalue weighted by molar-refractivity contribution is 7.85. The van der Waals surface area contributed by atoms with E-state index < -0.39 is 21.6 Å². The maximum absolute atomic E-state index is 11.6. The Morgan fingerprint density at radius 1 is 1.12 bits per heavy atom. The summed E-state index contributed by atoms with van der Waals surface area (Å²) >= 11 is 0. The fourth-order valence-electron chi connectivity index (χ4n) is 9.28. The highest BCUT2D eigenvalue weighted by Gasteiger charge is 2.64. The van der Waals surface area contributed by atoms with Gasteiger partial charge in [-0.25, -0.2) is 0 Å². The average Bonchev–Trinajstić information content (AvgIpc) is 3.11. The van der Waals surface area contributed by atoms with Crippen molar-refractivity contribution in [3.8, 4) is 0 Å². The van der Waals surface area contributed by atoms with Crippen molar-refractivity contribution in [2.75, 3.05) is 12.3 Å². The topological polar surface area (TPSA) is 124 Å². The molecular weight excluding hydrogens is 454 g/mol. The molecule has 4 saturated carbocycles.